The van der Waals surface area contributed by atoms with Crippen molar-refractivity contribution in [3.05, 3.63) is 64.5 Å². The molecule has 2 N–H and O–H groups in total. The van der Waals surface area contributed by atoms with Crippen LogP contribution in [0, 0.1) is 0 Å². The smallest absolute Gasteiger partial charge is 0.475 e. The molecule has 0 saturated carbocycles. The number of hydrogen-bond donors (Lipinski definition) is 2. The number of aliphatic carboxylic acids is 1. The Morgan fingerprint density at radius 1 is 1.30 bits per heavy atom. The number of carboxylic acids is 1. The molecule has 3 aromatic rings. The van der Waals surface area contributed by atoms with Gasteiger partial charge in [-0.2, -0.15) is 23.3 Å². The summed E-state index contributed by atoms with van der Waals surface area (Å²) >= 11 is 5.89. The zero-order valence-corrected chi connectivity index (χ0v) is 16.8. The third kappa shape index (κ3) is 7.16. The van der Waals surface area contributed by atoms with Crippen molar-refractivity contribution >= 4 is 17.6 Å². The molecule has 1 aromatic carbocycles. The first-order valence-electron chi connectivity index (χ1n) is 8.61. The highest BCUT2D eigenvalue weighted by molar-refractivity contribution is 6.30. The van der Waals surface area contributed by atoms with E-state index >= 15 is 0 Å². The molecule has 0 aliphatic carbocycles. The van der Waals surface area contributed by atoms with E-state index in [0.717, 1.165) is 22.8 Å². The molecular formula is C18H19ClF3N5O3. The van der Waals surface area contributed by atoms with Crippen molar-refractivity contribution in [3.63, 3.8) is 0 Å². The number of hydrogen-bond acceptors (Lipinski definition) is 6. The number of benzene rings is 1. The molecule has 0 fully saturated rings. The monoisotopic (exact) mass is 445 g/mol. The molecular weight excluding hydrogens is 427 g/mol. The summed E-state index contributed by atoms with van der Waals surface area (Å²) in [6.07, 6.45) is -2.72. The van der Waals surface area contributed by atoms with E-state index in [1.54, 1.807) is 6.20 Å². The summed E-state index contributed by atoms with van der Waals surface area (Å²) in [5.74, 6) is -1.48. The molecule has 0 bridgehead atoms. The van der Waals surface area contributed by atoms with Crippen molar-refractivity contribution in [3.8, 4) is 0 Å². The fourth-order valence-electron chi connectivity index (χ4n) is 2.26. The van der Waals surface area contributed by atoms with Crippen LogP contribution < -0.4 is 0 Å². The predicted octanol–water partition coefficient (Wildman–Crippen LogP) is 3.86. The van der Waals surface area contributed by atoms with E-state index in [9.17, 15) is 13.2 Å². The maximum atomic E-state index is 10.6. The number of carbonyl (C=O) groups is 1. The molecule has 0 aliphatic heterocycles. The summed E-state index contributed by atoms with van der Waals surface area (Å²) in [5, 5.41) is 18.8. The summed E-state index contributed by atoms with van der Waals surface area (Å²) in [4.78, 5) is 15.5. The number of aromatic nitrogens is 4. The van der Waals surface area contributed by atoms with Gasteiger partial charge in [-0.15, -0.1) is 0 Å². The third-order valence-electron chi connectivity index (χ3n) is 4.00. The molecule has 0 radical (unpaired) electrons. The fraction of sp³-hybridized carbons (Fsp3) is 0.333. The number of nitrogens with zero attached hydrogens (tertiary/aromatic N) is 4. The number of halogens is 4. The van der Waals surface area contributed by atoms with Gasteiger partial charge in [0.2, 0.25) is 5.89 Å². The zero-order valence-electron chi connectivity index (χ0n) is 16.0. The van der Waals surface area contributed by atoms with Gasteiger partial charge in [0, 0.05) is 29.9 Å². The van der Waals surface area contributed by atoms with E-state index < -0.39 is 12.1 Å². The van der Waals surface area contributed by atoms with E-state index in [2.05, 4.69) is 25.2 Å². The van der Waals surface area contributed by atoms with E-state index in [-0.39, 0.29) is 6.04 Å². The molecule has 3 rings (SSSR count). The Morgan fingerprint density at radius 2 is 1.93 bits per heavy atom. The van der Waals surface area contributed by atoms with E-state index in [4.69, 9.17) is 26.0 Å². The number of H-pyrrole nitrogens is 1. The molecule has 12 heteroatoms. The van der Waals surface area contributed by atoms with Crippen LogP contribution in [0.2, 0.25) is 5.02 Å². The first-order valence-corrected chi connectivity index (χ1v) is 8.99. The van der Waals surface area contributed by atoms with Gasteiger partial charge >= 0.3 is 12.1 Å². The van der Waals surface area contributed by atoms with Gasteiger partial charge < -0.3 is 9.63 Å². The van der Waals surface area contributed by atoms with Crippen LogP contribution in [0.4, 0.5) is 13.2 Å². The van der Waals surface area contributed by atoms with Crippen molar-refractivity contribution in [2.45, 2.75) is 32.1 Å². The van der Waals surface area contributed by atoms with Gasteiger partial charge in [-0.3, -0.25) is 10.00 Å². The van der Waals surface area contributed by atoms with Crippen LogP contribution >= 0.6 is 11.6 Å². The van der Waals surface area contributed by atoms with Gasteiger partial charge in [0.1, 0.15) is 0 Å². The second-order valence-electron chi connectivity index (χ2n) is 6.33. The van der Waals surface area contributed by atoms with Crippen LogP contribution in [0.1, 0.15) is 35.9 Å². The van der Waals surface area contributed by atoms with E-state index in [1.165, 1.54) is 0 Å². The largest absolute Gasteiger partial charge is 0.490 e. The van der Waals surface area contributed by atoms with Gasteiger partial charge in [-0.05, 0) is 37.7 Å². The predicted molar refractivity (Wildman–Crippen MR) is 101 cm³/mol. The highest BCUT2D eigenvalue weighted by Crippen LogP contribution is 2.19. The Bertz CT molecular complexity index is 929. The molecule has 0 amide bonds. The molecule has 0 aliphatic rings. The fourth-order valence-corrected chi connectivity index (χ4v) is 2.39. The lowest BCUT2D eigenvalue weighted by molar-refractivity contribution is -0.192. The SMILES string of the molecule is CC(c1nc(Cc2ccc(Cl)cc2)no1)N(C)Cc1ccn[nH]1.O=C(O)C(F)(F)F. The summed E-state index contributed by atoms with van der Waals surface area (Å²) in [6, 6.07) is 9.61. The molecule has 0 spiro atoms. The molecule has 0 saturated heterocycles. The Kier molecular flexibility index (Phi) is 7.95. The summed E-state index contributed by atoms with van der Waals surface area (Å²) in [6.45, 7) is 2.77. The average Bonchev–Trinajstić information content (AvgIpc) is 3.35. The maximum absolute atomic E-state index is 10.6. The van der Waals surface area contributed by atoms with Crippen molar-refractivity contribution < 1.29 is 27.6 Å². The summed E-state index contributed by atoms with van der Waals surface area (Å²) < 4.78 is 37.1. The third-order valence-corrected chi connectivity index (χ3v) is 4.25. The van der Waals surface area contributed by atoms with Crippen molar-refractivity contribution in [1.82, 2.24) is 25.2 Å². The van der Waals surface area contributed by atoms with Crippen molar-refractivity contribution in [2.24, 2.45) is 0 Å². The topological polar surface area (TPSA) is 108 Å². The minimum absolute atomic E-state index is 0.0183. The molecule has 2 heterocycles. The van der Waals surface area contributed by atoms with Gasteiger partial charge in [-0.1, -0.05) is 28.9 Å². The first-order chi connectivity index (χ1) is 14.1. The van der Waals surface area contributed by atoms with Crippen LogP contribution in [-0.4, -0.2) is 49.5 Å². The van der Waals surface area contributed by atoms with E-state index in [0.29, 0.717) is 18.1 Å². The maximum Gasteiger partial charge on any atom is 0.490 e. The number of carboxylic acid groups (broad SMARTS) is 1. The van der Waals surface area contributed by atoms with E-state index in [1.807, 2.05) is 44.3 Å². The van der Waals surface area contributed by atoms with Gasteiger partial charge in [0.15, 0.2) is 5.82 Å². The summed E-state index contributed by atoms with van der Waals surface area (Å²) in [7, 11) is 2.01. The quantitative estimate of drug-likeness (QED) is 0.593. The Labute approximate surface area is 174 Å². The first kappa shape index (κ1) is 23.4. The molecule has 30 heavy (non-hydrogen) atoms. The Morgan fingerprint density at radius 3 is 2.47 bits per heavy atom. The van der Waals surface area contributed by atoms with Crippen LogP contribution in [0.5, 0.6) is 0 Å². The summed E-state index contributed by atoms with van der Waals surface area (Å²) in [5.41, 5.74) is 2.14. The number of nitrogens with one attached hydrogen (secondary N) is 1. The average molecular weight is 446 g/mol. The van der Waals surface area contributed by atoms with Gasteiger partial charge in [-0.25, -0.2) is 4.79 Å². The molecule has 8 nitrogen and oxygen atoms in total. The lowest BCUT2D eigenvalue weighted by Crippen LogP contribution is -2.22. The number of aromatic amines is 1. The molecule has 1 unspecified atom stereocenters. The van der Waals surface area contributed by atoms with Crippen molar-refractivity contribution in [1.29, 1.82) is 0 Å². The second kappa shape index (κ2) is 10.2. The van der Waals surface area contributed by atoms with Crippen LogP contribution in [-0.2, 0) is 17.8 Å². The minimum Gasteiger partial charge on any atom is -0.475 e. The molecule has 162 valence electrons. The normalized spacial score (nSPS) is 12.4. The van der Waals surface area contributed by atoms with Crippen LogP contribution in [0.3, 0.4) is 0 Å². The zero-order chi connectivity index (χ0) is 22.3. The highest BCUT2D eigenvalue weighted by Gasteiger charge is 2.38. The van der Waals surface area contributed by atoms with Crippen LogP contribution in [0.25, 0.3) is 0 Å². The van der Waals surface area contributed by atoms with Gasteiger partial charge in [0.25, 0.3) is 0 Å². The minimum atomic E-state index is -5.08. The highest BCUT2D eigenvalue weighted by atomic mass is 35.5. The van der Waals surface area contributed by atoms with Crippen molar-refractivity contribution in [2.75, 3.05) is 7.05 Å². The lowest BCUT2D eigenvalue weighted by atomic mass is 10.1. The standard InChI is InChI=1S/C16H18ClN5O.C2HF3O2/c1-11(22(2)10-14-7-8-18-20-14)16-19-15(21-23-16)9-12-3-5-13(17)6-4-12;3-2(4,5)1(6)7/h3-8,11H,9-10H2,1-2H3,(H,18,20);(H,6,7). The lowest BCUT2D eigenvalue weighted by Gasteiger charge is -2.20. The molecule has 2 aromatic heterocycles. The van der Waals surface area contributed by atoms with Gasteiger partial charge in [0.05, 0.1) is 6.04 Å². The second-order valence-corrected chi connectivity index (χ2v) is 6.76. The number of alkyl halides is 3. The Hall–Kier alpha value is -2.92. The Balaban J connectivity index is 0.000000396. The number of rotatable bonds is 6. The molecule has 1 atom stereocenters. The van der Waals surface area contributed by atoms with Crippen LogP contribution in [0.15, 0.2) is 41.1 Å².